The number of carbonyl (C=O) groups is 3. The van der Waals surface area contributed by atoms with Gasteiger partial charge in [0.2, 0.25) is 11.8 Å². The number of nitrogens with one attached hydrogen (secondary N) is 3. The maximum Gasteiger partial charge on any atom is 0.255 e. The second-order valence-corrected chi connectivity index (χ2v) is 11.1. The summed E-state index contributed by atoms with van der Waals surface area (Å²) in [6.45, 7) is 0.185. The van der Waals surface area contributed by atoms with E-state index in [2.05, 4.69) is 15.6 Å². The van der Waals surface area contributed by atoms with Crippen LogP contribution in [0, 0.1) is 5.82 Å². The van der Waals surface area contributed by atoms with Crippen molar-refractivity contribution in [3.05, 3.63) is 142 Å². The van der Waals surface area contributed by atoms with Gasteiger partial charge >= 0.3 is 0 Å². The van der Waals surface area contributed by atoms with E-state index in [4.69, 9.17) is 0 Å². The number of aromatic nitrogens is 1. The Balaban J connectivity index is 1.21. The maximum absolute atomic E-state index is 14.2. The quantitative estimate of drug-likeness (QED) is 0.261. The van der Waals surface area contributed by atoms with Crippen LogP contribution in [0.15, 0.2) is 103 Å². The first-order chi connectivity index (χ1) is 21.0. The number of para-hydroxylation sites is 1. The van der Waals surface area contributed by atoms with Crippen molar-refractivity contribution < 1.29 is 18.8 Å². The first-order valence-electron chi connectivity index (χ1n) is 14.4. The van der Waals surface area contributed by atoms with Gasteiger partial charge in [-0.2, -0.15) is 0 Å². The summed E-state index contributed by atoms with van der Waals surface area (Å²) < 4.78 is 13.4. The summed E-state index contributed by atoms with van der Waals surface area (Å²) in [5, 5.41) is 6.90. The van der Waals surface area contributed by atoms with Crippen LogP contribution in [0.4, 0.5) is 4.39 Å². The number of halogens is 1. The largest absolute Gasteiger partial charge is 0.356 e. The molecule has 7 rings (SSSR count). The summed E-state index contributed by atoms with van der Waals surface area (Å²) in [7, 11) is 0. The maximum atomic E-state index is 14.2. The molecule has 43 heavy (non-hydrogen) atoms. The fourth-order valence-electron chi connectivity index (χ4n) is 6.38. The monoisotopic (exact) mass is 572 g/mol. The van der Waals surface area contributed by atoms with Crippen molar-refractivity contribution >= 4 is 28.6 Å². The molecule has 2 aliphatic heterocycles. The number of H-pyrrole nitrogens is 1. The lowest BCUT2D eigenvalue weighted by atomic mass is 9.89. The van der Waals surface area contributed by atoms with Gasteiger partial charge in [0.15, 0.2) is 0 Å². The Morgan fingerprint density at radius 1 is 0.884 bits per heavy atom. The van der Waals surface area contributed by atoms with Crippen LogP contribution < -0.4 is 10.6 Å². The molecule has 4 aromatic carbocycles. The molecule has 0 aliphatic carbocycles. The average Bonchev–Trinajstić information content (AvgIpc) is 3.55. The highest BCUT2D eigenvalue weighted by Gasteiger charge is 2.49. The molecule has 0 radical (unpaired) electrons. The minimum absolute atomic E-state index is 0.185. The SMILES string of the molecule is O=C(NCc1ccc(F)cc1)C(Cc1ccccc1)NC(=O)C1Cc2c([nH]c3ccccc23)C2c3ccccc3C(=O)N12. The van der Waals surface area contributed by atoms with Crippen LogP contribution in [-0.4, -0.2) is 39.7 Å². The Kier molecular flexibility index (Phi) is 6.74. The summed E-state index contributed by atoms with van der Waals surface area (Å²) in [6, 6.07) is 28.6. The van der Waals surface area contributed by atoms with Crippen molar-refractivity contribution in [2.45, 2.75) is 37.5 Å². The predicted molar refractivity (Wildman–Crippen MR) is 161 cm³/mol. The highest BCUT2D eigenvalue weighted by molar-refractivity contribution is 6.04. The predicted octanol–water partition coefficient (Wildman–Crippen LogP) is 4.82. The van der Waals surface area contributed by atoms with Gasteiger partial charge in [-0.1, -0.05) is 78.9 Å². The number of aromatic amines is 1. The Labute approximate surface area is 247 Å². The molecule has 5 aromatic rings. The van der Waals surface area contributed by atoms with E-state index in [0.717, 1.165) is 38.9 Å². The summed E-state index contributed by atoms with van der Waals surface area (Å²) >= 11 is 0. The zero-order valence-electron chi connectivity index (χ0n) is 23.2. The van der Waals surface area contributed by atoms with E-state index in [9.17, 15) is 18.8 Å². The molecule has 2 aliphatic rings. The lowest BCUT2D eigenvalue weighted by molar-refractivity contribution is -0.132. The second kappa shape index (κ2) is 10.9. The van der Waals surface area contributed by atoms with Crippen LogP contribution >= 0.6 is 0 Å². The fourth-order valence-corrected chi connectivity index (χ4v) is 6.38. The number of fused-ring (bicyclic) bond motifs is 7. The van der Waals surface area contributed by atoms with E-state index in [1.54, 1.807) is 23.1 Å². The molecular weight excluding hydrogens is 543 g/mol. The normalized spacial score (nSPS) is 17.6. The van der Waals surface area contributed by atoms with Gasteiger partial charge in [0.1, 0.15) is 17.9 Å². The molecule has 8 heteroatoms. The van der Waals surface area contributed by atoms with E-state index in [1.165, 1.54) is 12.1 Å². The summed E-state index contributed by atoms with van der Waals surface area (Å²) in [6.07, 6.45) is 0.584. The van der Waals surface area contributed by atoms with Gasteiger partial charge in [0.25, 0.3) is 5.91 Å². The number of hydrogen-bond acceptors (Lipinski definition) is 3. The van der Waals surface area contributed by atoms with Crippen LogP contribution in [0.3, 0.4) is 0 Å². The smallest absolute Gasteiger partial charge is 0.255 e. The van der Waals surface area contributed by atoms with Gasteiger partial charge in [-0.25, -0.2) is 4.39 Å². The highest BCUT2D eigenvalue weighted by Crippen LogP contribution is 2.46. The molecule has 214 valence electrons. The van der Waals surface area contributed by atoms with E-state index in [0.29, 0.717) is 12.0 Å². The number of amides is 3. The number of nitrogens with zero attached hydrogens (tertiary/aromatic N) is 1. The third-order valence-electron chi connectivity index (χ3n) is 8.45. The van der Waals surface area contributed by atoms with Gasteiger partial charge < -0.3 is 20.5 Å². The number of hydrogen-bond donors (Lipinski definition) is 3. The van der Waals surface area contributed by atoms with Crippen molar-refractivity contribution in [1.29, 1.82) is 0 Å². The molecule has 3 unspecified atom stereocenters. The van der Waals surface area contributed by atoms with Crippen molar-refractivity contribution in [1.82, 2.24) is 20.5 Å². The number of carbonyl (C=O) groups excluding carboxylic acids is 3. The number of rotatable bonds is 7. The van der Waals surface area contributed by atoms with Crippen molar-refractivity contribution in [2.75, 3.05) is 0 Å². The Hall–Kier alpha value is -5.24. The van der Waals surface area contributed by atoms with Crippen LogP contribution in [0.5, 0.6) is 0 Å². The van der Waals surface area contributed by atoms with Gasteiger partial charge in [0, 0.05) is 41.5 Å². The third kappa shape index (κ3) is 4.84. The first kappa shape index (κ1) is 26.6. The molecule has 3 N–H and O–H groups in total. The molecule has 1 aromatic heterocycles. The molecule has 0 fully saturated rings. The van der Waals surface area contributed by atoms with Gasteiger partial charge in [-0.05, 0) is 46.5 Å². The molecular formula is C35H29FN4O3. The molecule has 0 spiro atoms. The zero-order chi connectivity index (χ0) is 29.5. The van der Waals surface area contributed by atoms with Crippen molar-refractivity contribution in [2.24, 2.45) is 0 Å². The summed E-state index contributed by atoms with van der Waals surface area (Å²) in [5.74, 6) is -1.31. The van der Waals surface area contributed by atoms with Gasteiger partial charge in [-0.15, -0.1) is 0 Å². The van der Waals surface area contributed by atoms with Crippen LogP contribution in [0.25, 0.3) is 10.9 Å². The third-order valence-corrected chi connectivity index (χ3v) is 8.45. The molecule has 0 saturated heterocycles. The Morgan fingerprint density at radius 3 is 2.42 bits per heavy atom. The zero-order valence-corrected chi connectivity index (χ0v) is 23.2. The Morgan fingerprint density at radius 2 is 1.60 bits per heavy atom. The lowest BCUT2D eigenvalue weighted by Crippen LogP contribution is -2.57. The highest BCUT2D eigenvalue weighted by atomic mass is 19.1. The molecule has 3 atom stereocenters. The van der Waals surface area contributed by atoms with E-state index in [1.807, 2.05) is 72.8 Å². The van der Waals surface area contributed by atoms with Crippen LogP contribution in [0.2, 0.25) is 0 Å². The first-order valence-corrected chi connectivity index (χ1v) is 14.4. The fraction of sp³-hybridized carbons (Fsp3) is 0.171. The van der Waals surface area contributed by atoms with E-state index in [-0.39, 0.29) is 36.5 Å². The van der Waals surface area contributed by atoms with Gasteiger partial charge in [0.05, 0.1) is 6.04 Å². The second-order valence-electron chi connectivity index (χ2n) is 11.1. The average molecular weight is 573 g/mol. The van der Waals surface area contributed by atoms with Crippen molar-refractivity contribution in [3.8, 4) is 0 Å². The van der Waals surface area contributed by atoms with E-state index >= 15 is 0 Å². The molecule has 0 bridgehead atoms. The molecule has 7 nitrogen and oxygen atoms in total. The lowest BCUT2D eigenvalue weighted by Gasteiger charge is -2.37. The topological polar surface area (TPSA) is 94.3 Å². The Bertz CT molecular complexity index is 1850. The van der Waals surface area contributed by atoms with E-state index < -0.39 is 18.1 Å². The number of benzene rings is 4. The molecule has 3 amide bonds. The summed E-state index contributed by atoms with van der Waals surface area (Å²) in [5.41, 5.74) is 5.93. The minimum Gasteiger partial charge on any atom is -0.356 e. The summed E-state index contributed by atoms with van der Waals surface area (Å²) in [4.78, 5) is 46.7. The van der Waals surface area contributed by atoms with Crippen molar-refractivity contribution in [3.63, 3.8) is 0 Å². The van der Waals surface area contributed by atoms with Crippen LogP contribution in [-0.2, 0) is 29.0 Å². The minimum atomic E-state index is -0.891. The standard InChI is InChI=1S/C35H29FN4O3/c36-23-16-14-22(15-17-23)20-37-33(41)29(18-21-8-2-1-3-9-21)39-34(42)30-19-27-24-10-6-7-13-28(24)38-31(27)32-25-11-4-5-12-26(25)35(43)40(30)32/h1-17,29-30,32,38H,18-20H2,(H,37,41)(H,39,42). The van der Waals surface area contributed by atoms with Crippen LogP contribution in [0.1, 0.15) is 44.3 Å². The molecule has 0 saturated carbocycles. The van der Waals surface area contributed by atoms with Gasteiger partial charge in [-0.3, -0.25) is 14.4 Å². The molecule has 3 heterocycles.